The normalized spacial score (nSPS) is 21.7. The van der Waals surface area contributed by atoms with Gasteiger partial charge in [-0.25, -0.2) is 9.48 Å². The Morgan fingerprint density at radius 2 is 2.26 bits per heavy atom. The van der Waals surface area contributed by atoms with Crippen molar-refractivity contribution in [3.05, 3.63) is 41.7 Å². The lowest BCUT2D eigenvalue weighted by Crippen LogP contribution is -2.30. The van der Waals surface area contributed by atoms with Crippen molar-refractivity contribution in [1.82, 2.24) is 20.2 Å². The third-order valence-electron chi connectivity index (χ3n) is 3.37. The van der Waals surface area contributed by atoms with Crippen molar-refractivity contribution >= 4 is 6.09 Å². The molecule has 1 heterocycles. The summed E-state index contributed by atoms with van der Waals surface area (Å²) in [5, 5.41) is 11.1. The minimum absolute atomic E-state index is 0.127. The maximum absolute atomic E-state index is 11.1. The summed E-state index contributed by atoms with van der Waals surface area (Å²) in [5.74, 6) is 0. The van der Waals surface area contributed by atoms with Crippen LogP contribution in [0.2, 0.25) is 0 Å². The largest absolute Gasteiger partial charge is 0.439 e. The summed E-state index contributed by atoms with van der Waals surface area (Å²) in [6.45, 7) is 0. The zero-order valence-corrected chi connectivity index (χ0v) is 10.1. The van der Waals surface area contributed by atoms with Crippen LogP contribution >= 0.6 is 0 Å². The van der Waals surface area contributed by atoms with E-state index < -0.39 is 12.2 Å². The second-order valence-electron chi connectivity index (χ2n) is 4.45. The highest BCUT2D eigenvalue weighted by Crippen LogP contribution is 2.39. The Hall–Kier alpha value is -2.44. The van der Waals surface area contributed by atoms with Gasteiger partial charge in [-0.3, -0.25) is 0 Å². The monoisotopic (exact) mass is 259 g/mol. The number of primary amides is 1. The lowest BCUT2D eigenvalue weighted by molar-refractivity contribution is 0.0576. The first-order valence-corrected chi connectivity index (χ1v) is 6.02. The Labute approximate surface area is 109 Å². The molecule has 7 heteroatoms. The summed E-state index contributed by atoms with van der Waals surface area (Å²) in [6, 6.07) is 7.73. The molecule has 0 saturated heterocycles. The van der Waals surface area contributed by atoms with Crippen molar-refractivity contribution in [3.8, 4) is 0 Å². The Bertz CT molecular complexity index is 584. The van der Waals surface area contributed by atoms with Crippen LogP contribution in [0.4, 0.5) is 4.79 Å². The topological polar surface area (TPSA) is 95.9 Å². The highest BCUT2D eigenvalue weighted by molar-refractivity contribution is 5.65. The average Bonchev–Trinajstić information content (AvgIpc) is 2.92. The van der Waals surface area contributed by atoms with Crippen LogP contribution in [0.15, 0.2) is 30.6 Å². The van der Waals surface area contributed by atoms with Crippen LogP contribution in [0.1, 0.15) is 29.7 Å². The quantitative estimate of drug-likeness (QED) is 0.867. The Morgan fingerprint density at radius 3 is 3.00 bits per heavy atom. The molecule has 2 aromatic rings. The number of hydrogen-bond donors (Lipinski definition) is 1. The molecule has 98 valence electrons. The van der Waals surface area contributed by atoms with E-state index in [0.29, 0.717) is 0 Å². The van der Waals surface area contributed by atoms with Gasteiger partial charge in [0, 0.05) is 0 Å². The molecule has 0 bridgehead atoms. The fourth-order valence-electron chi connectivity index (χ4n) is 2.56. The molecule has 1 aromatic carbocycles. The van der Waals surface area contributed by atoms with Gasteiger partial charge in [-0.2, -0.15) is 0 Å². The highest BCUT2D eigenvalue weighted by atomic mass is 16.6. The molecule has 0 saturated carbocycles. The van der Waals surface area contributed by atoms with Crippen LogP contribution in [0, 0.1) is 0 Å². The number of fused-ring (bicyclic) bond motifs is 1. The van der Waals surface area contributed by atoms with Gasteiger partial charge in [-0.1, -0.05) is 24.3 Å². The molecule has 2 N–H and O–H groups in total. The van der Waals surface area contributed by atoms with Crippen molar-refractivity contribution in [3.63, 3.8) is 0 Å². The van der Waals surface area contributed by atoms with Crippen molar-refractivity contribution < 1.29 is 9.53 Å². The van der Waals surface area contributed by atoms with Crippen molar-refractivity contribution in [1.29, 1.82) is 0 Å². The molecule has 1 aliphatic rings. The first-order chi connectivity index (χ1) is 9.25. The molecule has 1 amide bonds. The van der Waals surface area contributed by atoms with Crippen LogP contribution in [-0.4, -0.2) is 26.3 Å². The van der Waals surface area contributed by atoms with Gasteiger partial charge in [0.2, 0.25) is 0 Å². The molecule has 0 radical (unpaired) electrons. The predicted octanol–water partition coefficient (Wildman–Crippen LogP) is 0.997. The van der Waals surface area contributed by atoms with Crippen molar-refractivity contribution in [2.75, 3.05) is 0 Å². The van der Waals surface area contributed by atoms with Gasteiger partial charge in [0.25, 0.3) is 0 Å². The van der Waals surface area contributed by atoms with E-state index in [2.05, 4.69) is 15.5 Å². The van der Waals surface area contributed by atoms with Crippen molar-refractivity contribution in [2.24, 2.45) is 5.73 Å². The zero-order valence-electron chi connectivity index (χ0n) is 10.1. The molecule has 3 rings (SSSR count). The standard InChI is InChI=1S/C12H13N5O2/c13-12(18)19-11-9-4-2-1-3-8(9)5-6-10(11)17-7-14-15-16-17/h1-4,7,10-11H,5-6H2,(H2,13,18). The van der Waals surface area contributed by atoms with Gasteiger partial charge < -0.3 is 10.5 Å². The molecule has 1 aliphatic carbocycles. The third kappa shape index (κ3) is 2.14. The summed E-state index contributed by atoms with van der Waals surface area (Å²) >= 11 is 0. The number of aryl methyl sites for hydroxylation is 1. The second-order valence-corrected chi connectivity index (χ2v) is 4.45. The summed E-state index contributed by atoms with van der Waals surface area (Å²) < 4.78 is 6.89. The minimum atomic E-state index is -0.792. The molecular weight excluding hydrogens is 246 g/mol. The molecule has 0 aliphatic heterocycles. The molecule has 0 fully saturated rings. The van der Waals surface area contributed by atoms with Crippen LogP contribution < -0.4 is 5.73 Å². The number of nitrogens with zero attached hydrogens (tertiary/aromatic N) is 4. The molecule has 0 spiro atoms. The highest BCUT2D eigenvalue weighted by Gasteiger charge is 2.34. The summed E-state index contributed by atoms with van der Waals surface area (Å²) in [5.41, 5.74) is 7.30. The molecule has 7 nitrogen and oxygen atoms in total. The molecule has 1 aromatic heterocycles. The van der Waals surface area contributed by atoms with Gasteiger partial charge >= 0.3 is 6.09 Å². The Kier molecular flexibility index (Phi) is 2.86. The first kappa shape index (κ1) is 11.6. The van der Waals surface area contributed by atoms with Crippen LogP contribution in [0.25, 0.3) is 0 Å². The van der Waals surface area contributed by atoms with E-state index in [1.165, 1.54) is 6.33 Å². The Morgan fingerprint density at radius 1 is 1.42 bits per heavy atom. The molecule has 2 atom stereocenters. The van der Waals surface area contributed by atoms with Crippen LogP contribution in [-0.2, 0) is 11.2 Å². The van der Waals surface area contributed by atoms with Gasteiger partial charge in [0.05, 0.1) is 6.04 Å². The molecule has 19 heavy (non-hydrogen) atoms. The summed E-state index contributed by atoms with van der Waals surface area (Å²) in [4.78, 5) is 11.1. The van der Waals surface area contributed by atoms with Gasteiger partial charge in [0.15, 0.2) is 6.10 Å². The number of hydrogen-bond acceptors (Lipinski definition) is 5. The number of carbonyl (C=O) groups is 1. The maximum atomic E-state index is 11.1. The fraction of sp³-hybridized carbons (Fsp3) is 0.333. The van der Waals surface area contributed by atoms with E-state index in [9.17, 15) is 4.79 Å². The number of nitrogens with two attached hydrogens (primary N) is 1. The van der Waals surface area contributed by atoms with E-state index in [0.717, 1.165) is 24.0 Å². The van der Waals surface area contributed by atoms with E-state index in [-0.39, 0.29) is 6.04 Å². The van der Waals surface area contributed by atoms with Crippen LogP contribution in [0.3, 0.4) is 0 Å². The summed E-state index contributed by atoms with van der Waals surface area (Å²) in [7, 11) is 0. The van der Waals surface area contributed by atoms with E-state index in [1.807, 2.05) is 24.3 Å². The zero-order chi connectivity index (χ0) is 13.2. The number of amides is 1. The third-order valence-corrected chi connectivity index (χ3v) is 3.37. The van der Waals surface area contributed by atoms with Gasteiger partial charge in [-0.05, 0) is 34.4 Å². The van der Waals surface area contributed by atoms with Gasteiger partial charge in [0.1, 0.15) is 6.33 Å². The number of tetrazole rings is 1. The average molecular weight is 259 g/mol. The summed E-state index contributed by atoms with van der Waals surface area (Å²) in [6.07, 6.45) is 1.96. The van der Waals surface area contributed by atoms with Crippen LogP contribution in [0.5, 0.6) is 0 Å². The van der Waals surface area contributed by atoms with Gasteiger partial charge in [-0.15, -0.1) is 5.10 Å². The smallest absolute Gasteiger partial charge is 0.405 e. The first-order valence-electron chi connectivity index (χ1n) is 6.02. The Balaban J connectivity index is 2.00. The molecular formula is C12H13N5O2. The predicted molar refractivity (Wildman–Crippen MR) is 65.0 cm³/mol. The number of carbonyl (C=O) groups excluding carboxylic acids is 1. The maximum Gasteiger partial charge on any atom is 0.405 e. The van der Waals surface area contributed by atoms with E-state index in [4.69, 9.17) is 10.5 Å². The van der Waals surface area contributed by atoms with E-state index in [1.54, 1.807) is 4.68 Å². The second kappa shape index (κ2) is 4.68. The van der Waals surface area contributed by atoms with E-state index >= 15 is 0 Å². The SMILES string of the molecule is NC(=O)OC1c2ccccc2CCC1n1cnnn1. The number of benzene rings is 1. The number of aromatic nitrogens is 4. The fourth-order valence-corrected chi connectivity index (χ4v) is 2.56. The number of rotatable bonds is 2. The molecule has 2 unspecified atom stereocenters. The lowest BCUT2D eigenvalue weighted by Gasteiger charge is -2.32. The minimum Gasteiger partial charge on any atom is -0.439 e. The lowest BCUT2D eigenvalue weighted by atomic mass is 9.86. The number of ether oxygens (including phenoxy) is 1. The van der Waals surface area contributed by atoms with Crippen molar-refractivity contribution in [2.45, 2.75) is 25.0 Å².